The molecule has 3 heterocycles. The number of anilines is 1. The molecule has 14 nitrogen and oxygen atoms in total. The molecule has 2 fully saturated rings. The number of imide groups is 2. The van der Waals surface area contributed by atoms with Gasteiger partial charge in [-0.1, -0.05) is 6.07 Å². The van der Waals surface area contributed by atoms with Crippen molar-refractivity contribution < 1.29 is 47.6 Å². The summed E-state index contributed by atoms with van der Waals surface area (Å²) in [6.07, 6.45) is 2.66. The number of hydrogen-bond donors (Lipinski definition) is 3. The molecule has 2 saturated heterocycles. The molecule has 0 aromatic heterocycles. The summed E-state index contributed by atoms with van der Waals surface area (Å²) in [6.45, 7) is 7.70. The van der Waals surface area contributed by atoms with E-state index in [0.717, 1.165) is 30.8 Å². The van der Waals surface area contributed by atoms with Gasteiger partial charge in [0, 0.05) is 18.7 Å². The molecule has 0 radical (unpaired) electrons. The van der Waals surface area contributed by atoms with Crippen molar-refractivity contribution in [2.45, 2.75) is 37.8 Å². The summed E-state index contributed by atoms with van der Waals surface area (Å²) < 4.78 is 33.4. The van der Waals surface area contributed by atoms with E-state index in [4.69, 9.17) is 28.4 Å². The Hall–Kier alpha value is -2.98. The van der Waals surface area contributed by atoms with Gasteiger partial charge in [-0.05, 0) is 44.5 Å². The van der Waals surface area contributed by atoms with Gasteiger partial charge in [0.2, 0.25) is 11.8 Å². The zero-order valence-electron chi connectivity index (χ0n) is 25.1. The molecule has 4 amide bonds. The zero-order chi connectivity index (χ0) is 31.0. The van der Waals surface area contributed by atoms with Gasteiger partial charge >= 0.3 is 0 Å². The van der Waals surface area contributed by atoms with Gasteiger partial charge in [-0.25, -0.2) is 0 Å². The first-order chi connectivity index (χ1) is 21.6. The van der Waals surface area contributed by atoms with Crippen molar-refractivity contribution in [3.63, 3.8) is 0 Å². The van der Waals surface area contributed by atoms with Gasteiger partial charge in [0.1, 0.15) is 6.04 Å². The molecule has 3 aliphatic rings. The highest BCUT2D eigenvalue weighted by atomic mass is 16.6. The maximum absolute atomic E-state index is 13.1. The SMILES string of the molecule is O=C1CCC(N2C(=O)c3cccc(NCCOCCOCCOCCOCCOCCOC4CCNCC4)c3C2=O)C(=O)N1. The van der Waals surface area contributed by atoms with Crippen LogP contribution in [0.15, 0.2) is 18.2 Å². The van der Waals surface area contributed by atoms with Crippen LogP contribution in [0.4, 0.5) is 5.69 Å². The quantitative estimate of drug-likeness (QED) is 0.128. The molecular formula is C30H44N4O10. The molecule has 1 atom stereocenters. The van der Waals surface area contributed by atoms with Gasteiger partial charge in [-0.3, -0.25) is 29.4 Å². The van der Waals surface area contributed by atoms with Crippen LogP contribution in [0.2, 0.25) is 0 Å². The molecule has 44 heavy (non-hydrogen) atoms. The van der Waals surface area contributed by atoms with Crippen LogP contribution in [-0.4, -0.2) is 133 Å². The van der Waals surface area contributed by atoms with Crippen molar-refractivity contribution in [1.82, 2.24) is 15.5 Å². The number of benzene rings is 1. The number of piperidine rings is 2. The van der Waals surface area contributed by atoms with E-state index in [-0.39, 0.29) is 24.0 Å². The van der Waals surface area contributed by atoms with Gasteiger partial charge in [-0.15, -0.1) is 0 Å². The molecule has 0 bridgehead atoms. The third kappa shape index (κ3) is 10.3. The standard InChI is InChI=1S/C30H44N4O10/c35-26-5-4-25(28(36)33-26)34-29(37)23-2-1-3-24(27(23)30(34)38)32-10-11-39-12-13-40-14-15-41-16-17-42-18-19-43-20-21-44-22-6-8-31-9-7-22/h1-3,22,25,31-32H,4-21H2,(H,33,35,36). The summed E-state index contributed by atoms with van der Waals surface area (Å²) >= 11 is 0. The first-order valence-electron chi connectivity index (χ1n) is 15.4. The number of carbonyl (C=O) groups excluding carboxylic acids is 4. The van der Waals surface area contributed by atoms with Gasteiger partial charge in [0.05, 0.1) is 89.9 Å². The van der Waals surface area contributed by atoms with Gasteiger partial charge in [-0.2, -0.15) is 0 Å². The van der Waals surface area contributed by atoms with E-state index < -0.39 is 29.7 Å². The van der Waals surface area contributed by atoms with Crippen LogP contribution in [0.1, 0.15) is 46.4 Å². The van der Waals surface area contributed by atoms with Crippen LogP contribution in [0, 0.1) is 0 Å². The van der Waals surface area contributed by atoms with Crippen LogP contribution < -0.4 is 16.0 Å². The van der Waals surface area contributed by atoms with Crippen molar-refractivity contribution in [3.05, 3.63) is 29.3 Å². The molecule has 3 aliphatic heterocycles. The van der Waals surface area contributed by atoms with E-state index in [1.807, 2.05) is 0 Å². The van der Waals surface area contributed by atoms with Crippen LogP contribution >= 0.6 is 0 Å². The Morgan fingerprint density at radius 2 is 1.32 bits per heavy atom. The number of hydrogen-bond acceptors (Lipinski definition) is 12. The number of rotatable bonds is 21. The van der Waals surface area contributed by atoms with E-state index in [2.05, 4.69) is 16.0 Å². The van der Waals surface area contributed by atoms with Crippen molar-refractivity contribution in [3.8, 4) is 0 Å². The Labute approximate surface area is 257 Å². The lowest BCUT2D eigenvalue weighted by molar-refractivity contribution is -0.136. The molecule has 0 saturated carbocycles. The molecular weight excluding hydrogens is 576 g/mol. The van der Waals surface area contributed by atoms with Crippen LogP contribution in [0.5, 0.6) is 0 Å². The monoisotopic (exact) mass is 620 g/mol. The molecule has 4 rings (SSSR count). The highest BCUT2D eigenvalue weighted by Gasteiger charge is 2.45. The second-order valence-corrected chi connectivity index (χ2v) is 10.5. The van der Waals surface area contributed by atoms with Crippen LogP contribution in [0.3, 0.4) is 0 Å². The fourth-order valence-corrected chi connectivity index (χ4v) is 5.14. The lowest BCUT2D eigenvalue weighted by atomic mass is 10.0. The Morgan fingerprint density at radius 1 is 0.727 bits per heavy atom. The molecule has 1 aromatic rings. The van der Waals surface area contributed by atoms with Gasteiger partial charge in [0.25, 0.3) is 11.8 Å². The van der Waals surface area contributed by atoms with Crippen molar-refractivity contribution in [1.29, 1.82) is 0 Å². The lowest BCUT2D eigenvalue weighted by Crippen LogP contribution is -2.54. The molecule has 244 valence electrons. The summed E-state index contributed by atoms with van der Waals surface area (Å²) in [5.41, 5.74) is 0.936. The Morgan fingerprint density at radius 3 is 1.93 bits per heavy atom. The van der Waals surface area contributed by atoms with E-state index in [1.54, 1.807) is 18.2 Å². The average molecular weight is 621 g/mol. The number of nitrogens with zero attached hydrogens (tertiary/aromatic N) is 1. The summed E-state index contributed by atoms with van der Waals surface area (Å²) in [4.78, 5) is 50.7. The maximum Gasteiger partial charge on any atom is 0.264 e. The maximum atomic E-state index is 13.1. The molecule has 0 spiro atoms. The average Bonchev–Trinajstić information content (AvgIpc) is 3.28. The first-order valence-corrected chi connectivity index (χ1v) is 15.4. The lowest BCUT2D eigenvalue weighted by Gasteiger charge is -2.27. The van der Waals surface area contributed by atoms with Gasteiger partial charge in [0.15, 0.2) is 0 Å². The Balaban J connectivity index is 0.959. The highest BCUT2D eigenvalue weighted by molar-refractivity contribution is 6.25. The minimum Gasteiger partial charge on any atom is -0.382 e. The third-order valence-electron chi connectivity index (χ3n) is 7.39. The van der Waals surface area contributed by atoms with Crippen LogP contribution in [0.25, 0.3) is 0 Å². The molecule has 0 aliphatic carbocycles. The minimum absolute atomic E-state index is 0.0737. The number of ether oxygens (including phenoxy) is 6. The fraction of sp³-hybridized carbons (Fsp3) is 0.667. The normalized spacial score (nSPS) is 19.0. The number of amides is 4. The summed E-state index contributed by atoms with van der Waals surface area (Å²) in [5, 5.41) is 8.65. The number of fused-ring (bicyclic) bond motifs is 1. The third-order valence-corrected chi connectivity index (χ3v) is 7.39. The van der Waals surface area contributed by atoms with Gasteiger partial charge < -0.3 is 39.1 Å². The Bertz CT molecular complexity index is 1100. The molecule has 1 aromatic carbocycles. The van der Waals surface area contributed by atoms with E-state index in [0.29, 0.717) is 91.0 Å². The topological polar surface area (TPSA) is 163 Å². The smallest absolute Gasteiger partial charge is 0.264 e. The van der Waals surface area contributed by atoms with Crippen molar-refractivity contribution in [2.24, 2.45) is 0 Å². The summed E-state index contributed by atoms with van der Waals surface area (Å²) in [6, 6.07) is 3.93. The predicted molar refractivity (Wildman–Crippen MR) is 158 cm³/mol. The zero-order valence-corrected chi connectivity index (χ0v) is 25.1. The number of carbonyl (C=O) groups is 4. The Kier molecular flexibility index (Phi) is 14.4. The summed E-state index contributed by atoms with van der Waals surface area (Å²) in [5.74, 6) is -2.14. The first kappa shape index (κ1) is 33.9. The van der Waals surface area contributed by atoms with Crippen molar-refractivity contribution >= 4 is 29.3 Å². The van der Waals surface area contributed by atoms with Crippen molar-refractivity contribution in [2.75, 3.05) is 97.6 Å². The second-order valence-electron chi connectivity index (χ2n) is 10.5. The predicted octanol–water partition coefficient (Wildman–Crippen LogP) is 0.351. The minimum atomic E-state index is -1.00. The van der Waals surface area contributed by atoms with E-state index in [9.17, 15) is 19.2 Å². The largest absolute Gasteiger partial charge is 0.382 e. The van der Waals surface area contributed by atoms with E-state index >= 15 is 0 Å². The molecule has 1 unspecified atom stereocenters. The molecule has 14 heteroatoms. The highest BCUT2D eigenvalue weighted by Crippen LogP contribution is 2.32. The second kappa shape index (κ2) is 18.7. The molecule has 3 N–H and O–H groups in total. The van der Waals surface area contributed by atoms with Crippen LogP contribution in [-0.2, 0) is 38.0 Å². The number of nitrogens with one attached hydrogen (secondary N) is 3. The fourth-order valence-electron chi connectivity index (χ4n) is 5.14. The van der Waals surface area contributed by atoms with E-state index in [1.165, 1.54) is 0 Å². The summed E-state index contributed by atoms with van der Waals surface area (Å²) in [7, 11) is 0.